The van der Waals surface area contributed by atoms with Crippen LogP contribution in [0, 0.1) is 0 Å². The van der Waals surface area contributed by atoms with Gasteiger partial charge in [0, 0.05) is 64.8 Å². The molecule has 32 nitrogen and oxygen atoms in total. The molecule has 0 fully saturated rings. The van der Waals surface area contributed by atoms with Gasteiger partial charge in [-0.1, -0.05) is 0 Å². The van der Waals surface area contributed by atoms with Gasteiger partial charge in [-0.2, -0.15) is 0 Å². The van der Waals surface area contributed by atoms with Gasteiger partial charge in [-0.25, -0.2) is 9.59 Å². The van der Waals surface area contributed by atoms with Gasteiger partial charge < -0.3 is 141 Å². The topological polar surface area (TPSA) is 317 Å². The highest BCUT2D eigenvalue weighted by molar-refractivity contribution is 6.61. The van der Waals surface area contributed by atoms with Crippen LogP contribution in [0.2, 0.25) is 12.1 Å². The van der Waals surface area contributed by atoms with E-state index in [9.17, 15) is 9.59 Å². The van der Waals surface area contributed by atoms with E-state index in [0.29, 0.717) is 329 Å². The number of hydrogen-bond acceptors (Lipinski definition) is 30. The average molecular weight is 1440 g/mol. The van der Waals surface area contributed by atoms with E-state index in [1.54, 1.807) is 0 Å². The fourth-order valence-electron chi connectivity index (χ4n) is 7.76. The highest BCUT2D eigenvalue weighted by atomic mass is 28.4. The Balaban J connectivity index is 3.22. The van der Waals surface area contributed by atoms with E-state index in [0.717, 1.165) is 0 Å². The third-order valence-electron chi connectivity index (χ3n) is 12.0. The van der Waals surface area contributed by atoms with Crippen molar-refractivity contribution in [2.45, 2.75) is 66.5 Å². The zero-order chi connectivity index (χ0) is 69.6. The van der Waals surface area contributed by atoms with Crippen molar-refractivity contribution in [3.05, 3.63) is 0 Å². The van der Waals surface area contributed by atoms with Gasteiger partial charge in [0.2, 0.25) is 0 Å². The lowest BCUT2D eigenvalue weighted by Crippen LogP contribution is -2.46. The molecule has 2 amide bonds. The Hall–Kier alpha value is -2.07. The first-order chi connectivity index (χ1) is 47.4. The molecule has 0 aliphatic heterocycles. The lowest BCUT2D eigenvalue weighted by atomic mass is 10.5. The number of alkyl carbamates (subject to hydrolysis) is 2. The van der Waals surface area contributed by atoms with Crippen molar-refractivity contribution in [1.82, 2.24) is 10.6 Å². The molecule has 0 atom stereocenters. The third kappa shape index (κ3) is 69.0. The van der Waals surface area contributed by atoms with Crippen LogP contribution in [0.25, 0.3) is 0 Å². The predicted octanol–water partition coefficient (Wildman–Crippen LogP) is 3.65. The summed E-state index contributed by atoms with van der Waals surface area (Å²) in [5, 5.41) is 5.46. The first kappa shape index (κ1) is 93.9. The molecule has 574 valence electrons. The van der Waals surface area contributed by atoms with Crippen LogP contribution in [0.1, 0.15) is 54.4 Å². The summed E-state index contributed by atoms with van der Waals surface area (Å²) in [6, 6.07) is 1.23. The quantitative estimate of drug-likeness (QED) is 0.0648. The smallest absolute Gasteiger partial charge is 0.447 e. The van der Waals surface area contributed by atoms with Gasteiger partial charge in [0.25, 0.3) is 0 Å². The minimum absolute atomic E-state index is 0.143. The molecule has 0 spiro atoms. The number of carbonyl (C=O) groups is 2. The number of hydrogen-bond donors (Lipinski definition) is 2. The summed E-state index contributed by atoms with van der Waals surface area (Å²) in [5.41, 5.74) is 0. The van der Waals surface area contributed by atoms with Crippen LogP contribution in [0.5, 0.6) is 0 Å². The normalized spacial score (nSPS) is 11.9. The fourth-order valence-corrected chi connectivity index (χ4v) is 13.0. The van der Waals surface area contributed by atoms with Gasteiger partial charge >= 0.3 is 29.8 Å². The molecular formula is C62H128N2O30Si2. The highest BCUT2D eigenvalue weighted by Crippen LogP contribution is 2.19. The Bertz CT molecular complexity index is 1420. The van der Waals surface area contributed by atoms with Crippen LogP contribution in [0.4, 0.5) is 9.59 Å². The van der Waals surface area contributed by atoms with Crippen LogP contribution < -0.4 is 10.6 Å². The Labute approximate surface area is 575 Å². The second-order valence-corrected chi connectivity index (χ2v) is 25.0. The van der Waals surface area contributed by atoms with E-state index in [1.807, 2.05) is 41.5 Å². The Morgan fingerprint density at radius 1 is 0.208 bits per heavy atom. The molecule has 0 aromatic carbocycles. The average Bonchev–Trinajstić information content (AvgIpc) is 1.00. The maximum absolute atomic E-state index is 11.9. The number of rotatable bonds is 83. The summed E-state index contributed by atoms with van der Waals surface area (Å²) in [5.74, 6) is 0. The minimum Gasteiger partial charge on any atom is -0.447 e. The van der Waals surface area contributed by atoms with Crippen LogP contribution >= 0.6 is 0 Å². The van der Waals surface area contributed by atoms with Gasteiger partial charge in [0.1, 0.15) is 13.2 Å². The molecule has 0 aliphatic rings. The van der Waals surface area contributed by atoms with Crippen molar-refractivity contribution >= 4 is 29.8 Å². The molecule has 0 rings (SSSR count). The second kappa shape index (κ2) is 78.7. The van der Waals surface area contributed by atoms with Crippen LogP contribution in [0.3, 0.4) is 0 Å². The first-order valence-corrected chi connectivity index (χ1v) is 38.4. The predicted molar refractivity (Wildman–Crippen MR) is 355 cm³/mol. The Morgan fingerprint density at radius 2 is 0.333 bits per heavy atom. The van der Waals surface area contributed by atoms with Gasteiger partial charge in [-0.15, -0.1) is 0 Å². The number of amides is 2. The molecule has 34 heteroatoms. The van der Waals surface area contributed by atoms with Gasteiger partial charge in [-0.05, 0) is 54.4 Å². The largest absolute Gasteiger partial charge is 0.500 e. The molecule has 2 N–H and O–H groups in total. The van der Waals surface area contributed by atoms with Crippen LogP contribution in [-0.2, 0) is 131 Å². The Morgan fingerprint density at radius 3 is 0.458 bits per heavy atom. The van der Waals surface area contributed by atoms with Gasteiger partial charge in [0.15, 0.2) is 0 Å². The summed E-state index contributed by atoms with van der Waals surface area (Å²) >= 11 is 0. The molecule has 0 saturated heterocycles. The molecule has 0 aromatic heterocycles. The van der Waals surface area contributed by atoms with Crippen molar-refractivity contribution in [1.29, 1.82) is 0 Å². The molecule has 96 heavy (non-hydrogen) atoms. The van der Waals surface area contributed by atoms with Crippen LogP contribution in [0.15, 0.2) is 0 Å². The maximum Gasteiger partial charge on any atom is 0.500 e. The summed E-state index contributed by atoms with van der Waals surface area (Å²) < 4.78 is 156. The van der Waals surface area contributed by atoms with E-state index in [-0.39, 0.29) is 26.4 Å². The van der Waals surface area contributed by atoms with Crippen molar-refractivity contribution in [3.63, 3.8) is 0 Å². The maximum atomic E-state index is 11.9. The molecule has 0 heterocycles. The fraction of sp³-hybridized carbons (Fsp3) is 0.968. The zero-order valence-corrected chi connectivity index (χ0v) is 61.4. The Kier molecular flexibility index (Phi) is 77.0. The summed E-state index contributed by atoms with van der Waals surface area (Å²) in [6.45, 7) is 33.7. The second-order valence-electron chi connectivity index (χ2n) is 19.5. The number of carbonyl (C=O) groups excluding carboxylic acids is 2. The van der Waals surface area contributed by atoms with Crippen molar-refractivity contribution in [3.8, 4) is 0 Å². The van der Waals surface area contributed by atoms with E-state index >= 15 is 0 Å². The lowest BCUT2D eigenvalue weighted by molar-refractivity contribution is -0.0315. The molecule has 0 aromatic rings. The third-order valence-corrected chi connectivity index (χ3v) is 18.3. The SMILES string of the molecule is CCO[Si](CCCNC(=O)OCCOCCOCCOCCOCCOCCOCCOCCOCCOCCOCCOCCOCCOCCOCCOCCOCCOCCOCCOCCOCCOC(=O)NCCC[Si](OCC)(OCC)OCC)(OCC)OCC. The van der Waals surface area contributed by atoms with E-state index in [2.05, 4.69) is 10.6 Å². The molecule has 0 aliphatic carbocycles. The highest BCUT2D eigenvalue weighted by Gasteiger charge is 2.40. The number of ether oxygens (including phenoxy) is 22. The van der Waals surface area contributed by atoms with Gasteiger partial charge in [-0.3, -0.25) is 0 Å². The lowest BCUT2D eigenvalue weighted by Gasteiger charge is -2.28. The van der Waals surface area contributed by atoms with Crippen molar-refractivity contribution < 1.29 is 140 Å². The molecule has 0 unspecified atom stereocenters. The summed E-state index contributed by atoms with van der Waals surface area (Å²) in [7, 11) is -5.44. The molecular weight excluding hydrogens is 1310 g/mol. The summed E-state index contributed by atoms with van der Waals surface area (Å²) in [4.78, 5) is 23.9. The molecule has 0 bridgehead atoms. The van der Waals surface area contributed by atoms with E-state index < -0.39 is 29.8 Å². The molecule has 0 saturated carbocycles. The van der Waals surface area contributed by atoms with Gasteiger partial charge in [0.05, 0.1) is 264 Å². The van der Waals surface area contributed by atoms with Crippen molar-refractivity contribution in [2.24, 2.45) is 0 Å². The van der Waals surface area contributed by atoms with E-state index in [1.165, 1.54) is 0 Å². The molecule has 0 radical (unpaired) electrons. The number of nitrogens with one attached hydrogen (secondary N) is 2. The standard InChI is InChI=1S/C62H128N2O30Si2/c1-7-89-95(90-8-2,91-9-3)59-13-15-63-61(65)87-57-55-85-53-51-83-49-47-81-45-43-79-41-39-77-37-35-75-33-31-73-29-27-71-25-23-69-21-19-67-17-18-68-20-22-70-24-26-72-28-30-74-32-34-76-36-38-78-40-42-80-44-46-82-48-50-84-52-54-86-56-58-88-62(66)64-16-14-60-96(92-10-4,93-11-5)94-12-6/h7-60H2,1-6H3,(H,63,65)(H,64,66). The van der Waals surface area contributed by atoms with E-state index in [4.69, 9.17) is 131 Å². The van der Waals surface area contributed by atoms with Crippen LogP contribution in [-0.4, -0.2) is 360 Å². The first-order valence-electron chi connectivity index (χ1n) is 34.6. The monoisotopic (exact) mass is 1440 g/mol. The summed E-state index contributed by atoms with van der Waals surface area (Å²) in [6.07, 6.45) is 0.320. The zero-order valence-electron chi connectivity index (χ0n) is 59.4. The van der Waals surface area contributed by atoms with Crippen molar-refractivity contribution in [2.75, 3.05) is 330 Å². The minimum atomic E-state index is -2.72.